The number of rotatable bonds is 14. The summed E-state index contributed by atoms with van der Waals surface area (Å²) in [4.78, 5) is 0. The van der Waals surface area contributed by atoms with Crippen molar-refractivity contribution in [2.75, 3.05) is 0 Å². The maximum absolute atomic E-state index is 9.82. The topological polar surface area (TPSA) is 20.2 Å². The first-order chi connectivity index (χ1) is 19.2. The van der Waals surface area contributed by atoms with Crippen LogP contribution in [0.2, 0.25) is 0 Å². The average Bonchev–Trinajstić information content (AvgIpc) is 2.85. The molecule has 1 N–H and O–H groups in total. The number of hydrogen-bond acceptors (Lipinski definition) is 1. The van der Waals surface area contributed by atoms with E-state index in [0.29, 0.717) is 0 Å². The molecule has 0 spiro atoms. The van der Waals surface area contributed by atoms with Crippen LogP contribution in [0.3, 0.4) is 0 Å². The third-order valence-corrected chi connectivity index (χ3v) is 7.42. The molecule has 1 heteroatoms. The van der Waals surface area contributed by atoms with E-state index in [2.05, 4.69) is 147 Å². The van der Waals surface area contributed by atoms with Gasteiger partial charge in [0.2, 0.25) is 0 Å². The molecule has 0 heterocycles. The lowest BCUT2D eigenvalue weighted by molar-refractivity contribution is 0.0689. The zero-order valence-corrected chi connectivity index (χ0v) is 27.9. The zero-order valence-electron chi connectivity index (χ0n) is 27.9. The molecule has 1 nitrogen and oxygen atoms in total. The predicted octanol–water partition coefficient (Wildman–Crippen LogP) is 12.0. The molecule has 1 rings (SSSR count). The molecule has 0 atom stereocenters. The smallest absolute Gasteiger partial charge is 0.0591 e. The van der Waals surface area contributed by atoms with Crippen LogP contribution in [-0.2, 0) is 0 Å². The van der Waals surface area contributed by atoms with Gasteiger partial charge in [0.05, 0.1) is 5.60 Å². The Kier molecular flexibility index (Phi) is 16.3. The largest absolute Gasteiger partial charge is 0.390 e. The SMILES string of the molecule is CC1=C(/C=C/C(C)=C/C=C/C(C)=C/C=C/C=C(C)\C=C\C=C(C)\C=C\C=C(/C)CCCC(C)(C)O)C(C)(C)CCC1. The molecule has 0 aromatic carbocycles. The van der Waals surface area contributed by atoms with Crippen molar-refractivity contribution in [3.05, 3.63) is 130 Å². The highest BCUT2D eigenvalue weighted by Gasteiger charge is 2.26. The minimum atomic E-state index is -0.574. The van der Waals surface area contributed by atoms with Crippen molar-refractivity contribution in [3.63, 3.8) is 0 Å². The van der Waals surface area contributed by atoms with Gasteiger partial charge in [0.15, 0.2) is 0 Å². The normalized spacial score (nSPS) is 19.0. The van der Waals surface area contributed by atoms with E-state index in [4.69, 9.17) is 0 Å². The summed E-state index contributed by atoms with van der Waals surface area (Å²) in [7, 11) is 0. The second-order valence-electron chi connectivity index (χ2n) is 13.0. The van der Waals surface area contributed by atoms with Crippen LogP contribution < -0.4 is 0 Å². The first kappa shape index (κ1) is 36.1. The lowest BCUT2D eigenvalue weighted by Crippen LogP contribution is -2.19. The Bertz CT molecular complexity index is 1170. The molecular weight excluding hydrogens is 496 g/mol. The first-order valence-electron chi connectivity index (χ1n) is 15.4. The molecule has 1 aliphatic rings. The van der Waals surface area contributed by atoms with E-state index in [0.717, 1.165) is 19.3 Å². The molecule has 0 fully saturated rings. The monoisotopic (exact) mass is 554 g/mol. The van der Waals surface area contributed by atoms with Crippen molar-refractivity contribution >= 4 is 0 Å². The fourth-order valence-corrected chi connectivity index (χ4v) is 4.81. The fourth-order valence-electron chi connectivity index (χ4n) is 4.81. The molecule has 0 aliphatic heterocycles. The van der Waals surface area contributed by atoms with Gasteiger partial charge < -0.3 is 5.11 Å². The van der Waals surface area contributed by atoms with Gasteiger partial charge in [0.1, 0.15) is 0 Å². The van der Waals surface area contributed by atoms with Crippen LogP contribution in [0.25, 0.3) is 0 Å². The average molecular weight is 555 g/mol. The maximum atomic E-state index is 9.82. The van der Waals surface area contributed by atoms with Crippen LogP contribution in [0.15, 0.2) is 130 Å². The number of allylic oxidation sites excluding steroid dienone is 22. The molecule has 0 saturated carbocycles. The van der Waals surface area contributed by atoms with Crippen molar-refractivity contribution in [2.45, 2.75) is 113 Å². The highest BCUT2D eigenvalue weighted by Crippen LogP contribution is 2.40. The lowest BCUT2D eigenvalue weighted by atomic mass is 9.72. The van der Waals surface area contributed by atoms with Crippen LogP contribution in [0, 0.1) is 5.41 Å². The fraction of sp³-hybridized carbons (Fsp3) is 0.450. The molecule has 41 heavy (non-hydrogen) atoms. The Labute approximate surface area is 253 Å². The van der Waals surface area contributed by atoms with Crippen LogP contribution in [0.1, 0.15) is 108 Å². The van der Waals surface area contributed by atoms with E-state index >= 15 is 0 Å². The summed E-state index contributed by atoms with van der Waals surface area (Å²) in [6.07, 6.45) is 38.9. The minimum absolute atomic E-state index is 0.285. The summed E-state index contributed by atoms with van der Waals surface area (Å²) in [5.41, 5.74) is 9.00. The van der Waals surface area contributed by atoms with Gasteiger partial charge in [-0.15, -0.1) is 0 Å². The lowest BCUT2D eigenvalue weighted by Gasteiger charge is -2.32. The molecule has 224 valence electrons. The predicted molar refractivity (Wildman–Crippen MR) is 185 cm³/mol. The summed E-state index contributed by atoms with van der Waals surface area (Å²) in [5, 5.41) is 9.82. The van der Waals surface area contributed by atoms with E-state index in [1.54, 1.807) is 5.57 Å². The van der Waals surface area contributed by atoms with Crippen molar-refractivity contribution in [1.29, 1.82) is 0 Å². The summed E-state index contributed by atoms with van der Waals surface area (Å²) < 4.78 is 0. The Morgan fingerprint density at radius 1 is 0.732 bits per heavy atom. The quantitative estimate of drug-likeness (QED) is 0.212. The van der Waals surface area contributed by atoms with Crippen LogP contribution in [0.4, 0.5) is 0 Å². The van der Waals surface area contributed by atoms with Crippen LogP contribution in [0.5, 0.6) is 0 Å². The third-order valence-electron chi connectivity index (χ3n) is 7.42. The summed E-state index contributed by atoms with van der Waals surface area (Å²) in [6, 6.07) is 0. The molecule has 0 bridgehead atoms. The Morgan fingerprint density at radius 2 is 1.20 bits per heavy atom. The van der Waals surface area contributed by atoms with Gasteiger partial charge in [0, 0.05) is 0 Å². The van der Waals surface area contributed by atoms with E-state index < -0.39 is 5.60 Å². The van der Waals surface area contributed by atoms with Gasteiger partial charge in [-0.2, -0.15) is 0 Å². The number of aliphatic hydroxyl groups is 1. The minimum Gasteiger partial charge on any atom is -0.390 e. The van der Waals surface area contributed by atoms with Crippen molar-refractivity contribution in [1.82, 2.24) is 0 Å². The maximum Gasteiger partial charge on any atom is 0.0591 e. The molecular formula is C40H58O. The molecule has 0 aromatic heterocycles. The summed E-state index contributed by atoms with van der Waals surface area (Å²) in [6.45, 7) is 21.4. The molecule has 0 aromatic rings. The molecule has 1 aliphatic carbocycles. The second-order valence-corrected chi connectivity index (χ2v) is 13.0. The van der Waals surface area contributed by atoms with Gasteiger partial charge in [0.25, 0.3) is 0 Å². The van der Waals surface area contributed by atoms with E-state index in [1.165, 1.54) is 52.7 Å². The van der Waals surface area contributed by atoms with Gasteiger partial charge >= 0.3 is 0 Å². The Morgan fingerprint density at radius 3 is 1.68 bits per heavy atom. The molecule has 0 saturated heterocycles. The third kappa shape index (κ3) is 17.5. The summed E-state index contributed by atoms with van der Waals surface area (Å²) >= 11 is 0. The highest BCUT2D eigenvalue weighted by atomic mass is 16.3. The number of hydrogen-bond donors (Lipinski definition) is 1. The Balaban J connectivity index is 2.56. The zero-order chi connectivity index (χ0) is 30.9. The first-order valence-corrected chi connectivity index (χ1v) is 15.4. The summed E-state index contributed by atoms with van der Waals surface area (Å²) in [5.74, 6) is 0. The van der Waals surface area contributed by atoms with E-state index in [9.17, 15) is 5.11 Å². The van der Waals surface area contributed by atoms with Crippen LogP contribution >= 0.6 is 0 Å². The van der Waals surface area contributed by atoms with E-state index in [-0.39, 0.29) is 5.41 Å². The highest BCUT2D eigenvalue weighted by molar-refractivity contribution is 5.37. The molecule has 0 unspecified atom stereocenters. The molecule has 0 radical (unpaired) electrons. The second kappa shape index (κ2) is 18.5. The van der Waals surface area contributed by atoms with E-state index in [1.807, 2.05) is 13.8 Å². The van der Waals surface area contributed by atoms with Crippen molar-refractivity contribution in [2.24, 2.45) is 5.41 Å². The van der Waals surface area contributed by atoms with Crippen LogP contribution in [-0.4, -0.2) is 10.7 Å². The van der Waals surface area contributed by atoms with Gasteiger partial charge in [-0.1, -0.05) is 138 Å². The van der Waals surface area contributed by atoms with Gasteiger partial charge in [-0.05, 0) is 105 Å². The molecule has 0 amide bonds. The standard InChI is InChI=1S/C40H58O/c1-32(20-13-22-34(3)23-14-24-35(4)26-16-31-40(9,10)41)18-11-12-19-33(2)21-15-25-36(5)28-29-38-37(6)27-17-30-39(38,7)8/h11-15,18-25,28-29,41H,16-17,26-27,30-31H2,1-10H3/b12-11+,20-13+,21-15+,23-14+,29-28+,32-18-,33-19+,34-22+,35-24+,36-25+. The Hall–Kier alpha value is -2.90. The van der Waals surface area contributed by atoms with Gasteiger partial charge in [-0.25, -0.2) is 0 Å². The van der Waals surface area contributed by atoms with Crippen molar-refractivity contribution < 1.29 is 5.11 Å². The van der Waals surface area contributed by atoms with Crippen molar-refractivity contribution in [3.8, 4) is 0 Å². The van der Waals surface area contributed by atoms with Gasteiger partial charge in [-0.3, -0.25) is 0 Å².